The number of aryl methyl sites for hydroxylation is 1. The largest absolute Gasteiger partial charge is 0.310 e. The number of hydrogen-bond donors (Lipinski definition) is 0. The van der Waals surface area contributed by atoms with Crippen molar-refractivity contribution < 1.29 is 0 Å². The van der Waals surface area contributed by atoms with E-state index in [0.717, 1.165) is 11.4 Å². The topological polar surface area (TPSA) is 6.48 Å². The minimum Gasteiger partial charge on any atom is -0.310 e. The molecule has 2 unspecified atom stereocenters. The number of rotatable bonds is 6. The molecule has 0 radical (unpaired) electrons. The van der Waals surface area contributed by atoms with E-state index in [4.69, 9.17) is 0 Å². The van der Waals surface area contributed by atoms with Crippen LogP contribution in [0.5, 0.6) is 0 Å². The van der Waals surface area contributed by atoms with Gasteiger partial charge in [0.15, 0.2) is 0 Å². The van der Waals surface area contributed by atoms with Crippen LogP contribution in [-0.4, -0.2) is 6.66 Å². The molecule has 0 saturated carbocycles. The maximum atomic E-state index is 2.56. The van der Waals surface area contributed by atoms with Gasteiger partial charge in [-0.15, -0.1) is 7.53 Å². The molecule has 1 aliphatic heterocycles. The van der Waals surface area contributed by atoms with E-state index < -0.39 is 15.5 Å². The van der Waals surface area contributed by atoms with Gasteiger partial charge in [-0.1, -0.05) is 103 Å². The van der Waals surface area contributed by atoms with Crippen LogP contribution in [0.3, 0.4) is 0 Å². The second kappa shape index (κ2) is 12.5. The molecule has 0 saturated heterocycles. The summed E-state index contributed by atoms with van der Waals surface area (Å²) >= 11 is 0. The van der Waals surface area contributed by atoms with Crippen molar-refractivity contribution in [3.8, 4) is 11.1 Å². The minimum absolute atomic E-state index is 0.563. The van der Waals surface area contributed by atoms with Gasteiger partial charge in [-0.25, -0.2) is 0 Å². The molecule has 2 heterocycles. The Morgan fingerprint density at radius 2 is 0.865 bits per heavy atom. The lowest BCUT2D eigenvalue weighted by molar-refractivity contribution is 1.29. The highest BCUT2D eigenvalue weighted by Gasteiger charge is 2.28. The fourth-order valence-electron chi connectivity index (χ4n) is 8.26. The van der Waals surface area contributed by atoms with Crippen LogP contribution in [0.15, 0.2) is 182 Å². The highest BCUT2D eigenvalue weighted by Crippen LogP contribution is 2.55. The van der Waals surface area contributed by atoms with Crippen molar-refractivity contribution in [3.05, 3.63) is 182 Å². The van der Waals surface area contributed by atoms with E-state index >= 15 is 0 Å². The van der Waals surface area contributed by atoms with E-state index in [1.807, 2.05) is 0 Å². The van der Waals surface area contributed by atoms with Crippen LogP contribution in [-0.2, 0) is 6.66 Å². The predicted molar refractivity (Wildman–Crippen MR) is 230 cm³/mol. The SMILES string of the molecule is CP1c2cc(N(c3ccccc3)c3ccccc3)ccc2-c2cc3c(c4cccc1c24)c1ccc(N(c2ccccc2)c2ccccc2)cc1p3C. The molecule has 10 rings (SSSR count). The molecule has 248 valence electrons. The average molecular weight is 703 g/mol. The minimum atomic E-state index is -0.570. The second-order valence-corrected chi connectivity index (χ2v) is 17.7. The summed E-state index contributed by atoms with van der Waals surface area (Å²) in [5.41, 5.74) is 9.82. The van der Waals surface area contributed by atoms with E-state index in [9.17, 15) is 0 Å². The molecular formula is C48H36N2P2. The summed E-state index contributed by atoms with van der Waals surface area (Å²) in [6, 6.07) is 66.9. The van der Waals surface area contributed by atoms with Gasteiger partial charge < -0.3 is 9.80 Å². The zero-order valence-corrected chi connectivity index (χ0v) is 30.9. The van der Waals surface area contributed by atoms with Crippen molar-refractivity contribution in [2.24, 2.45) is 6.66 Å². The first kappa shape index (κ1) is 31.1. The van der Waals surface area contributed by atoms with Crippen LogP contribution < -0.4 is 20.4 Å². The number of anilines is 6. The standard InChI is InChI=1S/C48H36N2P2/c1-51-43-25-15-24-41-47-40-29-27-38(50(35-20-11-5-12-21-35)36-22-13-6-14-23-36)31-45(40)52(2)46(47)32-42(48(41)43)39-28-26-37(30-44(39)51)49(33-16-7-3-8-17-33)34-18-9-4-10-19-34/h3-32H,1-2H3. The summed E-state index contributed by atoms with van der Waals surface area (Å²) < 4.78 is 0. The smallest absolute Gasteiger partial charge is 0.0471 e. The maximum absolute atomic E-state index is 2.56. The number of para-hydroxylation sites is 4. The number of hydrogen-bond acceptors (Lipinski definition) is 2. The van der Waals surface area contributed by atoms with Crippen LogP contribution in [0.4, 0.5) is 34.1 Å². The van der Waals surface area contributed by atoms with E-state index in [2.05, 4.69) is 205 Å². The van der Waals surface area contributed by atoms with Gasteiger partial charge >= 0.3 is 0 Å². The highest BCUT2D eigenvalue weighted by molar-refractivity contribution is 7.73. The molecule has 1 aromatic heterocycles. The lowest BCUT2D eigenvalue weighted by Gasteiger charge is -2.30. The highest BCUT2D eigenvalue weighted by atomic mass is 31.1. The molecule has 2 atom stereocenters. The average Bonchev–Trinajstić information content (AvgIpc) is 3.49. The zero-order chi connectivity index (χ0) is 34.8. The van der Waals surface area contributed by atoms with Crippen LogP contribution in [0.1, 0.15) is 0 Å². The van der Waals surface area contributed by atoms with Crippen LogP contribution in [0, 0.1) is 0 Å². The molecule has 0 N–H and O–H groups in total. The molecule has 0 amide bonds. The fraction of sp³-hybridized carbons (Fsp3) is 0.0417. The van der Waals surface area contributed by atoms with Gasteiger partial charge in [0.2, 0.25) is 0 Å². The van der Waals surface area contributed by atoms with Crippen molar-refractivity contribution in [3.63, 3.8) is 0 Å². The van der Waals surface area contributed by atoms with Gasteiger partial charge in [0.25, 0.3) is 0 Å². The molecule has 0 bridgehead atoms. The Hall–Kier alpha value is -5.65. The Balaban J connectivity index is 1.17. The van der Waals surface area contributed by atoms with E-state index in [1.165, 1.54) is 76.3 Å². The van der Waals surface area contributed by atoms with E-state index in [1.54, 1.807) is 0 Å². The Kier molecular flexibility index (Phi) is 7.50. The molecule has 8 aromatic carbocycles. The van der Waals surface area contributed by atoms with Crippen LogP contribution in [0.25, 0.3) is 42.9 Å². The first-order valence-electron chi connectivity index (χ1n) is 17.8. The molecule has 1 aliphatic rings. The molecule has 4 heteroatoms. The number of benzene rings is 8. The van der Waals surface area contributed by atoms with Crippen molar-refractivity contribution >= 4 is 92.0 Å². The van der Waals surface area contributed by atoms with Crippen LogP contribution in [0.2, 0.25) is 0 Å². The maximum Gasteiger partial charge on any atom is 0.0471 e. The Morgan fingerprint density at radius 3 is 1.42 bits per heavy atom. The monoisotopic (exact) mass is 702 g/mol. The molecule has 0 fully saturated rings. The molecule has 2 nitrogen and oxygen atoms in total. The quantitative estimate of drug-likeness (QED) is 0.159. The summed E-state index contributed by atoms with van der Waals surface area (Å²) in [6.07, 6.45) is 0. The van der Waals surface area contributed by atoms with Crippen molar-refractivity contribution in [2.45, 2.75) is 0 Å². The van der Waals surface area contributed by atoms with Crippen molar-refractivity contribution in [1.29, 1.82) is 0 Å². The first-order chi connectivity index (χ1) is 25.7. The van der Waals surface area contributed by atoms with Crippen molar-refractivity contribution in [1.82, 2.24) is 0 Å². The molecule has 52 heavy (non-hydrogen) atoms. The third-order valence-corrected chi connectivity index (χ3v) is 15.0. The van der Waals surface area contributed by atoms with E-state index in [-0.39, 0.29) is 0 Å². The van der Waals surface area contributed by atoms with Gasteiger partial charge in [-0.3, -0.25) is 0 Å². The van der Waals surface area contributed by atoms with Crippen molar-refractivity contribution in [2.75, 3.05) is 16.5 Å². The lowest BCUT2D eigenvalue weighted by atomic mass is 9.94. The fourth-order valence-corrected chi connectivity index (χ4v) is 12.3. The Morgan fingerprint density at radius 1 is 0.346 bits per heavy atom. The summed E-state index contributed by atoms with van der Waals surface area (Å²) in [4.78, 5) is 4.77. The first-order valence-corrected chi connectivity index (χ1v) is 21.4. The van der Waals surface area contributed by atoms with Gasteiger partial charge in [-0.05, 0) is 138 Å². The normalized spacial score (nSPS) is 13.7. The molecular weight excluding hydrogens is 666 g/mol. The molecule has 0 aliphatic carbocycles. The third-order valence-electron chi connectivity index (χ3n) is 10.7. The third kappa shape index (κ3) is 4.91. The summed E-state index contributed by atoms with van der Waals surface area (Å²) in [5.74, 6) is 0. The number of nitrogens with zero attached hydrogens (tertiary/aromatic N) is 2. The van der Waals surface area contributed by atoms with E-state index in [0.29, 0.717) is 0 Å². The summed E-state index contributed by atoms with van der Waals surface area (Å²) in [7, 11) is -1.13. The second-order valence-electron chi connectivity index (χ2n) is 13.6. The predicted octanol–water partition coefficient (Wildman–Crippen LogP) is 13.7. The van der Waals surface area contributed by atoms with Crippen LogP contribution >= 0.6 is 15.5 Å². The summed E-state index contributed by atoms with van der Waals surface area (Å²) in [6.45, 7) is 4.91. The van der Waals surface area contributed by atoms with Gasteiger partial charge in [0.05, 0.1) is 0 Å². The van der Waals surface area contributed by atoms with Gasteiger partial charge in [-0.2, -0.15) is 0 Å². The Labute approximate surface area is 307 Å². The number of fused-ring (bicyclic) bond motifs is 6. The lowest BCUT2D eigenvalue weighted by Crippen LogP contribution is -2.21. The van der Waals surface area contributed by atoms with Gasteiger partial charge in [0.1, 0.15) is 0 Å². The summed E-state index contributed by atoms with van der Waals surface area (Å²) in [5, 5.41) is 11.5. The Bertz CT molecular complexity index is 2680. The molecule has 9 aromatic rings. The zero-order valence-electron chi connectivity index (χ0n) is 29.1. The molecule has 0 spiro atoms. The van der Waals surface area contributed by atoms with Gasteiger partial charge in [0, 0.05) is 49.7 Å².